The molecule has 0 saturated carbocycles. The van der Waals surface area contributed by atoms with Gasteiger partial charge in [-0.15, -0.1) is 0 Å². The molecule has 4 heterocycles. The van der Waals surface area contributed by atoms with E-state index in [2.05, 4.69) is 109 Å². The van der Waals surface area contributed by atoms with Crippen LogP contribution in [0.5, 0.6) is 0 Å². The van der Waals surface area contributed by atoms with Crippen LogP contribution in [0, 0.1) is 0 Å². The number of para-hydroxylation sites is 2. The van der Waals surface area contributed by atoms with Crippen molar-refractivity contribution in [2.75, 3.05) is 0 Å². The molecule has 0 N–H and O–H groups in total. The molecule has 4 aromatic heterocycles. The Bertz CT molecular complexity index is 3330. The molecule has 0 atom stereocenters. The second-order valence-electron chi connectivity index (χ2n) is 14.2. The van der Waals surface area contributed by atoms with E-state index in [1.165, 1.54) is 0 Å². The summed E-state index contributed by atoms with van der Waals surface area (Å²) in [6.07, 6.45) is 3.88. The number of aromatic nitrogens is 4. The molecule has 0 aliphatic heterocycles. The molecular formula is C50H28N4O2. The lowest BCUT2D eigenvalue weighted by Crippen LogP contribution is -1.97. The molecule has 6 nitrogen and oxygen atoms in total. The van der Waals surface area contributed by atoms with Gasteiger partial charge in [-0.05, 0) is 81.6 Å². The zero-order valence-electron chi connectivity index (χ0n) is 29.8. The van der Waals surface area contributed by atoms with Gasteiger partial charge < -0.3 is 8.83 Å². The number of nitrogens with zero attached hydrogens (tertiary/aromatic N) is 4. The van der Waals surface area contributed by atoms with Crippen molar-refractivity contribution < 1.29 is 8.83 Å². The Kier molecular flexibility index (Phi) is 6.53. The van der Waals surface area contributed by atoms with Gasteiger partial charge in [0.15, 0.2) is 11.6 Å². The van der Waals surface area contributed by atoms with Crippen LogP contribution in [0.1, 0.15) is 0 Å². The first-order chi connectivity index (χ1) is 27.7. The molecule has 0 amide bonds. The minimum atomic E-state index is 0.634. The second-order valence-corrected chi connectivity index (χ2v) is 14.2. The lowest BCUT2D eigenvalue weighted by molar-refractivity contribution is 0.668. The van der Waals surface area contributed by atoms with E-state index in [0.29, 0.717) is 11.6 Å². The van der Waals surface area contributed by atoms with Crippen LogP contribution in [0.25, 0.3) is 121 Å². The molecule has 0 bridgehead atoms. The van der Waals surface area contributed by atoms with Crippen LogP contribution in [0.4, 0.5) is 0 Å². The summed E-state index contributed by atoms with van der Waals surface area (Å²) in [5.74, 6) is 1.27. The minimum absolute atomic E-state index is 0.634. The lowest BCUT2D eigenvalue weighted by Gasteiger charge is -2.12. The highest BCUT2D eigenvalue weighted by Crippen LogP contribution is 2.38. The Morgan fingerprint density at radius 3 is 1.16 bits per heavy atom. The zero-order valence-corrected chi connectivity index (χ0v) is 29.8. The summed E-state index contributed by atoms with van der Waals surface area (Å²) in [7, 11) is 0. The number of fused-ring (bicyclic) bond motifs is 12. The molecule has 6 heteroatoms. The van der Waals surface area contributed by atoms with E-state index in [9.17, 15) is 0 Å². The minimum Gasteiger partial charge on any atom is -0.456 e. The number of hydrogen-bond acceptors (Lipinski definition) is 6. The third kappa shape index (κ3) is 4.76. The predicted octanol–water partition coefficient (Wildman–Crippen LogP) is 13.2. The van der Waals surface area contributed by atoms with Crippen molar-refractivity contribution in [2.45, 2.75) is 0 Å². The first-order valence-corrected chi connectivity index (χ1v) is 18.6. The molecule has 0 saturated heterocycles. The third-order valence-electron chi connectivity index (χ3n) is 11.0. The van der Waals surface area contributed by atoms with Crippen LogP contribution >= 0.6 is 0 Å². The fraction of sp³-hybridized carbons (Fsp3) is 0. The number of rotatable bonds is 4. The van der Waals surface area contributed by atoms with Crippen molar-refractivity contribution >= 4 is 76.5 Å². The standard InChI is InChI=1S/C50H28N4O2/c1-2-14-36-35(13-1)41-27-51-49(33-11-7-9-29(23-33)31-19-21-45-39(25-31)37-15-3-5-17-43(37)55-45)53-47(41)48-42(36)28-52-50(54-48)34-12-8-10-30(24-34)32-20-22-46-40(26-32)38-16-4-6-18-44(38)56-46/h1-28H. The Morgan fingerprint density at radius 1 is 0.286 bits per heavy atom. The predicted molar refractivity (Wildman–Crippen MR) is 226 cm³/mol. The molecule has 0 aliphatic carbocycles. The zero-order chi connectivity index (χ0) is 36.7. The molecular weight excluding hydrogens is 689 g/mol. The van der Waals surface area contributed by atoms with Crippen molar-refractivity contribution in [3.63, 3.8) is 0 Å². The monoisotopic (exact) mass is 716 g/mol. The molecule has 0 aliphatic rings. The Morgan fingerprint density at radius 2 is 0.679 bits per heavy atom. The van der Waals surface area contributed by atoms with Gasteiger partial charge in [-0.2, -0.15) is 0 Å². The van der Waals surface area contributed by atoms with Gasteiger partial charge in [-0.1, -0.05) is 109 Å². The van der Waals surface area contributed by atoms with Gasteiger partial charge in [-0.25, -0.2) is 19.9 Å². The Balaban J connectivity index is 0.986. The summed E-state index contributed by atoms with van der Waals surface area (Å²) in [4.78, 5) is 20.4. The maximum Gasteiger partial charge on any atom is 0.159 e. The van der Waals surface area contributed by atoms with Crippen LogP contribution in [0.2, 0.25) is 0 Å². The fourth-order valence-corrected chi connectivity index (χ4v) is 8.24. The maximum absolute atomic E-state index is 6.10. The highest BCUT2D eigenvalue weighted by molar-refractivity contribution is 6.23. The molecule has 12 rings (SSSR count). The summed E-state index contributed by atoms with van der Waals surface area (Å²) in [5, 5.41) is 8.43. The van der Waals surface area contributed by atoms with Crippen molar-refractivity contribution in [1.29, 1.82) is 0 Å². The molecule has 0 unspecified atom stereocenters. The van der Waals surface area contributed by atoms with E-state index in [-0.39, 0.29) is 0 Å². The molecule has 0 spiro atoms. The molecule has 0 fully saturated rings. The molecule has 56 heavy (non-hydrogen) atoms. The van der Waals surface area contributed by atoms with Crippen LogP contribution < -0.4 is 0 Å². The normalized spacial score (nSPS) is 11.9. The van der Waals surface area contributed by atoms with E-state index in [4.69, 9.17) is 28.8 Å². The summed E-state index contributed by atoms with van der Waals surface area (Å²) >= 11 is 0. The second kappa shape index (κ2) is 11.9. The van der Waals surface area contributed by atoms with Gasteiger partial charge >= 0.3 is 0 Å². The van der Waals surface area contributed by atoms with Crippen LogP contribution in [0.3, 0.4) is 0 Å². The summed E-state index contributed by atoms with van der Waals surface area (Å²) in [6.45, 7) is 0. The van der Waals surface area contributed by atoms with Gasteiger partial charge in [0.25, 0.3) is 0 Å². The first kappa shape index (κ1) is 30.7. The summed E-state index contributed by atoms with van der Waals surface area (Å²) in [6, 6.07) is 54.2. The van der Waals surface area contributed by atoms with E-state index in [1.807, 2.05) is 60.9 Å². The van der Waals surface area contributed by atoms with Gasteiger partial charge in [0.2, 0.25) is 0 Å². The van der Waals surface area contributed by atoms with E-state index < -0.39 is 0 Å². The quantitative estimate of drug-likeness (QED) is 0.169. The highest BCUT2D eigenvalue weighted by atomic mass is 16.3. The maximum atomic E-state index is 6.10. The topological polar surface area (TPSA) is 77.8 Å². The van der Waals surface area contributed by atoms with E-state index >= 15 is 0 Å². The van der Waals surface area contributed by atoms with Gasteiger partial charge in [0, 0.05) is 55.8 Å². The van der Waals surface area contributed by atoms with Gasteiger partial charge in [-0.3, -0.25) is 0 Å². The van der Waals surface area contributed by atoms with Crippen LogP contribution in [-0.2, 0) is 0 Å². The average molecular weight is 717 g/mol. The third-order valence-corrected chi connectivity index (χ3v) is 11.0. The van der Waals surface area contributed by atoms with Crippen molar-refractivity contribution in [3.8, 4) is 45.0 Å². The molecule has 260 valence electrons. The smallest absolute Gasteiger partial charge is 0.159 e. The largest absolute Gasteiger partial charge is 0.456 e. The Labute approximate surface area is 319 Å². The number of furan rings is 2. The van der Waals surface area contributed by atoms with Crippen LogP contribution in [0.15, 0.2) is 179 Å². The SMILES string of the molecule is c1cc(-c2ccc3oc4ccccc4c3c2)cc(-c2ncc3c4ccccc4c4cnc(-c5cccc(-c6ccc7oc8ccccc8c7c6)c5)nc4c3n2)c1. The van der Waals surface area contributed by atoms with E-state index in [0.717, 1.165) is 110 Å². The van der Waals surface area contributed by atoms with Crippen molar-refractivity contribution in [3.05, 3.63) is 170 Å². The molecule has 8 aromatic carbocycles. The van der Waals surface area contributed by atoms with Crippen LogP contribution in [-0.4, -0.2) is 19.9 Å². The Hall–Kier alpha value is -7.70. The highest BCUT2D eigenvalue weighted by Gasteiger charge is 2.17. The number of benzene rings is 8. The summed E-state index contributed by atoms with van der Waals surface area (Å²) < 4.78 is 12.2. The van der Waals surface area contributed by atoms with E-state index in [1.54, 1.807) is 0 Å². The van der Waals surface area contributed by atoms with Crippen molar-refractivity contribution in [2.24, 2.45) is 0 Å². The molecule has 12 aromatic rings. The average Bonchev–Trinajstić information content (AvgIpc) is 3.84. The van der Waals surface area contributed by atoms with Crippen molar-refractivity contribution in [1.82, 2.24) is 19.9 Å². The fourth-order valence-electron chi connectivity index (χ4n) is 8.24. The summed E-state index contributed by atoms with van der Waals surface area (Å²) in [5.41, 5.74) is 11.3. The van der Waals surface area contributed by atoms with Gasteiger partial charge in [0.1, 0.15) is 33.4 Å². The van der Waals surface area contributed by atoms with Gasteiger partial charge in [0.05, 0.1) is 0 Å². The lowest BCUT2D eigenvalue weighted by atomic mass is 9.99. The first-order valence-electron chi connectivity index (χ1n) is 18.6. The molecule has 0 radical (unpaired) electrons. The number of hydrogen-bond donors (Lipinski definition) is 0.